The minimum Gasteiger partial charge on any atom is -0.348 e. The molecule has 0 saturated heterocycles. The molecule has 3 rings (SSSR count). The molecule has 0 bridgehead atoms. The molecule has 0 aliphatic carbocycles. The molecule has 0 unspecified atom stereocenters. The third-order valence-electron chi connectivity index (χ3n) is 4.27. The molecule has 142 valence electrons. The monoisotopic (exact) mass is 374 g/mol. The fourth-order valence-corrected chi connectivity index (χ4v) is 2.70. The summed E-state index contributed by atoms with van der Waals surface area (Å²) >= 11 is 0. The van der Waals surface area contributed by atoms with Crippen LogP contribution in [0, 0.1) is 0 Å². The maximum Gasteiger partial charge on any atom is 0.256 e. The van der Waals surface area contributed by atoms with Crippen LogP contribution in [0.4, 0.5) is 5.82 Å². The molecule has 0 spiro atoms. The van der Waals surface area contributed by atoms with E-state index in [9.17, 15) is 9.59 Å². The lowest BCUT2D eigenvalue weighted by Gasteiger charge is -2.05. The molecule has 6 nitrogen and oxygen atoms in total. The van der Waals surface area contributed by atoms with Crippen LogP contribution < -0.4 is 10.6 Å². The number of aryl methyl sites for hydroxylation is 2. The van der Waals surface area contributed by atoms with E-state index >= 15 is 0 Å². The maximum atomic E-state index is 12.4. The number of amides is 2. The Kier molecular flexibility index (Phi) is 6.36. The number of nitrogens with one attached hydrogen (secondary N) is 3. The van der Waals surface area contributed by atoms with Crippen molar-refractivity contribution in [1.82, 2.24) is 15.5 Å². The highest BCUT2D eigenvalue weighted by Crippen LogP contribution is 2.12. The average molecular weight is 374 g/mol. The van der Waals surface area contributed by atoms with Crippen LogP contribution in [0.2, 0.25) is 0 Å². The number of hydrogen-bond acceptors (Lipinski definition) is 3. The zero-order valence-electron chi connectivity index (χ0n) is 15.4. The zero-order chi connectivity index (χ0) is 19.8. The van der Waals surface area contributed by atoms with Gasteiger partial charge in [0.05, 0.1) is 0 Å². The normalized spacial score (nSPS) is 10.3. The third-order valence-corrected chi connectivity index (χ3v) is 4.27. The van der Waals surface area contributed by atoms with Crippen LogP contribution in [0.1, 0.15) is 27.2 Å². The third kappa shape index (κ3) is 5.41. The second-order valence-corrected chi connectivity index (χ2v) is 6.34. The highest BCUT2D eigenvalue weighted by Gasteiger charge is 2.09. The Morgan fingerprint density at radius 2 is 1.75 bits per heavy atom. The minimum absolute atomic E-state index is 0.233. The Morgan fingerprint density at radius 1 is 1.00 bits per heavy atom. The topological polar surface area (TPSA) is 86.9 Å². The van der Waals surface area contributed by atoms with Gasteiger partial charge in [0.2, 0.25) is 5.91 Å². The van der Waals surface area contributed by atoms with E-state index in [4.69, 9.17) is 0 Å². The SMILES string of the molecule is C=CC(=O)NCc1ccc(C(=O)Nc2cc(CCc3ccccc3)[nH]n2)cc1. The van der Waals surface area contributed by atoms with Gasteiger partial charge in [-0.3, -0.25) is 14.7 Å². The molecule has 2 amide bonds. The standard InChI is InChI=1S/C22H22N4O2/c1-2-21(27)23-15-17-8-11-18(12-9-17)22(28)24-20-14-19(25-26-20)13-10-16-6-4-3-5-7-16/h2-9,11-12,14H,1,10,13,15H2,(H,23,27)(H2,24,25,26,28). The van der Waals surface area contributed by atoms with Crippen LogP contribution in [0.3, 0.4) is 0 Å². The largest absolute Gasteiger partial charge is 0.348 e. The van der Waals surface area contributed by atoms with Gasteiger partial charge in [-0.2, -0.15) is 5.10 Å². The first-order valence-corrected chi connectivity index (χ1v) is 9.03. The Hall–Kier alpha value is -3.67. The van der Waals surface area contributed by atoms with Crippen molar-refractivity contribution in [3.63, 3.8) is 0 Å². The van der Waals surface area contributed by atoms with Crippen molar-refractivity contribution in [2.75, 3.05) is 5.32 Å². The summed E-state index contributed by atoms with van der Waals surface area (Å²) in [6, 6.07) is 19.1. The van der Waals surface area contributed by atoms with Gasteiger partial charge in [0.15, 0.2) is 5.82 Å². The lowest BCUT2D eigenvalue weighted by molar-refractivity contribution is -0.116. The number of H-pyrrole nitrogens is 1. The van der Waals surface area contributed by atoms with Crippen molar-refractivity contribution >= 4 is 17.6 Å². The summed E-state index contributed by atoms with van der Waals surface area (Å²) in [5, 5.41) is 12.6. The molecule has 2 aromatic carbocycles. The van der Waals surface area contributed by atoms with E-state index in [-0.39, 0.29) is 11.8 Å². The lowest BCUT2D eigenvalue weighted by atomic mass is 10.1. The van der Waals surface area contributed by atoms with E-state index in [1.54, 1.807) is 24.3 Å². The summed E-state index contributed by atoms with van der Waals surface area (Å²) in [6.45, 7) is 3.79. The van der Waals surface area contributed by atoms with Crippen molar-refractivity contribution < 1.29 is 9.59 Å². The minimum atomic E-state index is -0.234. The van der Waals surface area contributed by atoms with Crippen LogP contribution in [-0.2, 0) is 24.2 Å². The predicted octanol–water partition coefficient (Wildman–Crippen LogP) is 3.25. The van der Waals surface area contributed by atoms with E-state index in [0.717, 1.165) is 24.1 Å². The molecular formula is C22H22N4O2. The molecule has 28 heavy (non-hydrogen) atoms. The number of aromatic amines is 1. The van der Waals surface area contributed by atoms with E-state index in [1.165, 1.54) is 11.6 Å². The fraction of sp³-hybridized carbons (Fsp3) is 0.136. The van der Waals surface area contributed by atoms with E-state index in [0.29, 0.717) is 17.9 Å². The highest BCUT2D eigenvalue weighted by molar-refractivity contribution is 6.03. The molecule has 0 radical (unpaired) electrons. The summed E-state index contributed by atoms with van der Waals surface area (Å²) in [4.78, 5) is 23.6. The number of hydrogen-bond donors (Lipinski definition) is 3. The van der Waals surface area contributed by atoms with Gasteiger partial charge in [-0.1, -0.05) is 49.0 Å². The zero-order valence-corrected chi connectivity index (χ0v) is 15.4. The van der Waals surface area contributed by atoms with Gasteiger partial charge in [-0.15, -0.1) is 0 Å². The molecule has 0 saturated carbocycles. The van der Waals surface area contributed by atoms with Crippen LogP contribution in [-0.4, -0.2) is 22.0 Å². The molecule has 1 heterocycles. The predicted molar refractivity (Wildman–Crippen MR) is 109 cm³/mol. The fourth-order valence-electron chi connectivity index (χ4n) is 2.70. The lowest BCUT2D eigenvalue weighted by Crippen LogP contribution is -2.20. The number of rotatable bonds is 8. The van der Waals surface area contributed by atoms with Gasteiger partial charge in [-0.25, -0.2) is 0 Å². The molecule has 0 fully saturated rings. The molecule has 3 aromatic rings. The summed E-state index contributed by atoms with van der Waals surface area (Å²) < 4.78 is 0. The Bertz CT molecular complexity index is 946. The summed E-state index contributed by atoms with van der Waals surface area (Å²) in [5.41, 5.74) is 3.64. The van der Waals surface area contributed by atoms with E-state index < -0.39 is 0 Å². The molecular weight excluding hydrogens is 352 g/mol. The first-order valence-electron chi connectivity index (χ1n) is 9.03. The number of nitrogens with zero attached hydrogens (tertiary/aromatic N) is 1. The first-order chi connectivity index (χ1) is 13.6. The molecule has 6 heteroatoms. The molecule has 0 atom stereocenters. The second kappa shape index (κ2) is 9.32. The Morgan fingerprint density at radius 3 is 2.46 bits per heavy atom. The summed E-state index contributed by atoms with van der Waals surface area (Å²) in [5.74, 6) is 0.0293. The quantitative estimate of drug-likeness (QED) is 0.529. The van der Waals surface area contributed by atoms with Crippen LogP contribution in [0.15, 0.2) is 73.3 Å². The number of carbonyl (C=O) groups excluding carboxylic acids is 2. The first kappa shape index (κ1) is 19.1. The van der Waals surface area contributed by atoms with Gasteiger partial charge in [0.1, 0.15) is 0 Å². The van der Waals surface area contributed by atoms with Crippen LogP contribution in [0.25, 0.3) is 0 Å². The highest BCUT2D eigenvalue weighted by atomic mass is 16.2. The van der Waals surface area contributed by atoms with Crippen molar-refractivity contribution in [3.05, 3.63) is 95.7 Å². The summed E-state index contributed by atoms with van der Waals surface area (Å²) in [7, 11) is 0. The van der Waals surface area contributed by atoms with Crippen molar-refractivity contribution in [2.45, 2.75) is 19.4 Å². The average Bonchev–Trinajstić information content (AvgIpc) is 3.18. The van der Waals surface area contributed by atoms with Gasteiger partial charge >= 0.3 is 0 Å². The van der Waals surface area contributed by atoms with Crippen molar-refractivity contribution in [2.24, 2.45) is 0 Å². The number of aromatic nitrogens is 2. The maximum absolute atomic E-state index is 12.4. The number of anilines is 1. The molecule has 0 aliphatic heterocycles. The van der Waals surface area contributed by atoms with Gasteiger partial charge < -0.3 is 10.6 Å². The van der Waals surface area contributed by atoms with Gasteiger partial charge in [0.25, 0.3) is 5.91 Å². The van der Waals surface area contributed by atoms with Crippen molar-refractivity contribution in [3.8, 4) is 0 Å². The Balaban J connectivity index is 1.52. The molecule has 1 aromatic heterocycles. The van der Waals surface area contributed by atoms with Gasteiger partial charge in [-0.05, 0) is 42.2 Å². The smallest absolute Gasteiger partial charge is 0.256 e. The van der Waals surface area contributed by atoms with E-state index in [2.05, 4.69) is 39.5 Å². The second-order valence-electron chi connectivity index (χ2n) is 6.34. The van der Waals surface area contributed by atoms with E-state index in [1.807, 2.05) is 24.3 Å². The molecule has 0 aliphatic rings. The van der Waals surface area contributed by atoms with Crippen LogP contribution in [0.5, 0.6) is 0 Å². The number of benzene rings is 2. The number of carbonyl (C=O) groups is 2. The van der Waals surface area contributed by atoms with Crippen molar-refractivity contribution in [1.29, 1.82) is 0 Å². The summed E-state index contributed by atoms with van der Waals surface area (Å²) in [6.07, 6.45) is 2.94. The Labute approximate surface area is 163 Å². The van der Waals surface area contributed by atoms with Crippen LogP contribution >= 0.6 is 0 Å². The van der Waals surface area contributed by atoms with Gasteiger partial charge in [0, 0.05) is 23.9 Å². The molecule has 3 N–H and O–H groups in total.